The van der Waals surface area contributed by atoms with Crippen LogP contribution in [0.5, 0.6) is 0 Å². The lowest BCUT2D eigenvalue weighted by atomic mass is 10.2. The fourth-order valence-electron chi connectivity index (χ4n) is 1.33. The molecule has 0 N–H and O–H groups in total. The van der Waals surface area contributed by atoms with Gasteiger partial charge in [-0.2, -0.15) is 4.90 Å². The number of ether oxygens (including phenoxy) is 2. The summed E-state index contributed by atoms with van der Waals surface area (Å²) in [5.41, 5.74) is -0.0453. The van der Waals surface area contributed by atoms with Gasteiger partial charge in [-0.25, -0.2) is 14.6 Å². The lowest BCUT2D eigenvalue weighted by Crippen LogP contribution is -2.41. The van der Waals surface area contributed by atoms with Crippen molar-refractivity contribution in [3.63, 3.8) is 0 Å². The number of nitrogens with zero attached hydrogens (tertiary/aromatic N) is 2. The second-order valence-electron chi connectivity index (χ2n) is 4.91. The molecule has 1 rings (SSSR count). The van der Waals surface area contributed by atoms with E-state index in [9.17, 15) is 9.59 Å². The van der Waals surface area contributed by atoms with Gasteiger partial charge in [-0.3, -0.25) is 0 Å². The Hall–Kier alpha value is -1.63. The molecule has 0 saturated heterocycles. The van der Waals surface area contributed by atoms with Gasteiger partial charge in [-0.15, -0.1) is 0 Å². The molecule has 0 bridgehead atoms. The van der Waals surface area contributed by atoms with Crippen molar-refractivity contribution in [2.24, 2.45) is 0 Å². The van der Waals surface area contributed by atoms with E-state index in [1.165, 1.54) is 13.2 Å². The maximum atomic E-state index is 12.1. The van der Waals surface area contributed by atoms with E-state index in [1.54, 1.807) is 32.9 Å². The zero-order chi connectivity index (χ0) is 15.3. The lowest BCUT2D eigenvalue weighted by molar-refractivity contribution is 0.0574. The van der Waals surface area contributed by atoms with Gasteiger partial charge in [0.15, 0.2) is 0 Å². The summed E-state index contributed by atoms with van der Waals surface area (Å²) in [6, 6.07) is 5.00. The summed E-state index contributed by atoms with van der Waals surface area (Å²) < 4.78 is 9.80. The second kappa shape index (κ2) is 6.69. The lowest BCUT2D eigenvalue weighted by Gasteiger charge is -2.24. The smallest absolute Gasteiger partial charge is 0.425 e. The highest BCUT2D eigenvalue weighted by Crippen LogP contribution is 2.18. The van der Waals surface area contributed by atoms with E-state index in [4.69, 9.17) is 4.74 Å². The molecule has 0 saturated carbocycles. The molecule has 1 aromatic rings. The molecule has 2 amide bonds. The molecule has 0 aliphatic rings. The fraction of sp³-hybridized carbons (Fsp3) is 0.462. The van der Waals surface area contributed by atoms with Gasteiger partial charge in [0.2, 0.25) is 0 Å². The molecule has 0 unspecified atom stereocenters. The number of hydrogen-bond acceptors (Lipinski definition) is 5. The SMILES string of the molecule is COC(=O)N(C(=O)OC(C)(C)C)c1cccc(CBr)n1. The third kappa shape index (κ3) is 4.48. The van der Waals surface area contributed by atoms with Crippen LogP contribution in [0.2, 0.25) is 0 Å². The monoisotopic (exact) mass is 344 g/mol. The largest absolute Gasteiger partial charge is 0.452 e. The Morgan fingerprint density at radius 2 is 1.95 bits per heavy atom. The number of hydrogen-bond donors (Lipinski definition) is 0. The molecule has 0 atom stereocenters. The quantitative estimate of drug-likeness (QED) is 0.768. The van der Waals surface area contributed by atoms with Crippen LogP contribution in [-0.2, 0) is 14.8 Å². The molecule has 1 aromatic heterocycles. The average Bonchev–Trinajstić information content (AvgIpc) is 2.36. The van der Waals surface area contributed by atoms with Gasteiger partial charge >= 0.3 is 12.2 Å². The van der Waals surface area contributed by atoms with Crippen LogP contribution in [0.1, 0.15) is 26.5 Å². The molecule has 110 valence electrons. The van der Waals surface area contributed by atoms with Crippen molar-refractivity contribution < 1.29 is 19.1 Å². The van der Waals surface area contributed by atoms with Crippen molar-refractivity contribution in [1.29, 1.82) is 0 Å². The minimum absolute atomic E-state index is 0.156. The van der Waals surface area contributed by atoms with Crippen molar-refractivity contribution in [3.8, 4) is 0 Å². The minimum Gasteiger partial charge on any atom is -0.452 e. The molecule has 0 spiro atoms. The summed E-state index contributed by atoms with van der Waals surface area (Å²) in [6.07, 6.45) is -1.68. The van der Waals surface area contributed by atoms with Gasteiger partial charge in [-0.1, -0.05) is 22.0 Å². The first kappa shape index (κ1) is 16.4. The predicted molar refractivity (Wildman–Crippen MR) is 78.0 cm³/mol. The number of amides is 2. The van der Waals surface area contributed by atoms with Crippen LogP contribution >= 0.6 is 15.9 Å². The first-order chi connectivity index (χ1) is 9.28. The number of aromatic nitrogens is 1. The van der Waals surface area contributed by atoms with E-state index in [0.717, 1.165) is 4.90 Å². The number of carbonyl (C=O) groups excluding carboxylic acids is 2. The highest BCUT2D eigenvalue weighted by Gasteiger charge is 2.30. The van der Waals surface area contributed by atoms with Crippen LogP contribution in [0.3, 0.4) is 0 Å². The molecule has 6 nitrogen and oxygen atoms in total. The Morgan fingerprint density at radius 1 is 1.30 bits per heavy atom. The number of halogens is 1. The summed E-state index contributed by atoms with van der Waals surface area (Å²) in [7, 11) is 1.19. The maximum Gasteiger partial charge on any atom is 0.425 e. The first-order valence-electron chi connectivity index (χ1n) is 5.91. The van der Waals surface area contributed by atoms with E-state index in [2.05, 4.69) is 25.7 Å². The molecule has 20 heavy (non-hydrogen) atoms. The molecular weight excluding hydrogens is 328 g/mol. The number of carbonyl (C=O) groups is 2. The van der Waals surface area contributed by atoms with E-state index in [-0.39, 0.29) is 5.82 Å². The van der Waals surface area contributed by atoms with Gasteiger partial charge < -0.3 is 9.47 Å². The fourth-order valence-corrected chi connectivity index (χ4v) is 1.64. The third-order valence-corrected chi connectivity index (χ3v) is 2.67. The third-order valence-electron chi connectivity index (χ3n) is 2.09. The van der Waals surface area contributed by atoms with Crippen molar-refractivity contribution in [2.75, 3.05) is 12.0 Å². The highest BCUT2D eigenvalue weighted by molar-refractivity contribution is 9.08. The van der Waals surface area contributed by atoms with Crippen molar-refractivity contribution in [3.05, 3.63) is 23.9 Å². The van der Waals surface area contributed by atoms with E-state index >= 15 is 0 Å². The van der Waals surface area contributed by atoms with Crippen molar-refractivity contribution in [1.82, 2.24) is 4.98 Å². The summed E-state index contributed by atoms with van der Waals surface area (Å²) >= 11 is 3.27. The van der Waals surface area contributed by atoms with Crippen LogP contribution in [-0.4, -0.2) is 29.9 Å². The molecule has 0 aliphatic carbocycles. The van der Waals surface area contributed by atoms with Gasteiger partial charge in [0.05, 0.1) is 12.8 Å². The zero-order valence-corrected chi connectivity index (χ0v) is 13.4. The Balaban J connectivity index is 3.12. The molecule has 7 heteroatoms. The standard InChI is InChI=1S/C13H17BrN2O4/c1-13(2,3)20-12(18)16(11(17)19-4)10-7-5-6-9(8-14)15-10/h5-7H,8H2,1-4H3. The Labute approximate surface area is 126 Å². The Morgan fingerprint density at radius 3 is 2.45 bits per heavy atom. The Bertz CT molecular complexity index is 499. The minimum atomic E-state index is -0.849. The molecule has 0 aliphatic heterocycles. The van der Waals surface area contributed by atoms with E-state index < -0.39 is 17.8 Å². The number of imide groups is 1. The van der Waals surface area contributed by atoms with Crippen molar-refractivity contribution >= 4 is 33.9 Å². The Kier molecular flexibility index (Phi) is 5.50. The van der Waals surface area contributed by atoms with Crippen molar-refractivity contribution in [2.45, 2.75) is 31.7 Å². The number of alkyl halides is 1. The zero-order valence-electron chi connectivity index (χ0n) is 11.8. The topological polar surface area (TPSA) is 68.7 Å². The summed E-state index contributed by atoms with van der Waals surface area (Å²) in [5, 5.41) is 0.504. The van der Waals surface area contributed by atoms with Crippen LogP contribution in [0.4, 0.5) is 15.4 Å². The summed E-state index contributed by atoms with van der Waals surface area (Å²) in [5.74, 6) is 0.156. The van der Waals surface area contributed by atoms with Gasteiger partial charge in [0.1, 0.15) is 11.4 Å². The van der Waals surface area contributed by atoms with Gasteiger partial charge in [-0.05, 0) is 32.9 Å². The number of anilines is 1. The van der Waals surface area contributed by atoms with Crippen LogP contribution in [0.25, 0.3) is 0 Å². The predicted octanol–water partition coefficient (Wildman–Crippen LogP) is 3.48. The highest BCUT2D eigenvalue weighted by atomic mass is 79.9. The number of methoxy groups -OCH3 is 1. The molecule has 0 fully saturated rings. The second-order valence-corrected chi connectivity index (χ2v) is 5.47. The van der Waals surface area contributed by atoms with Gasteiger partial charge in [0, 0.05) is 5.33 Å². The van der Waals surface area contributed by atoms with Gasteiger partial charge in [0.25, 0.3) is 0 Å². The molecule has 1 heterocycles. The molecule has 0 aromatic carbocycles. The number of pyridine rings is 1. The van der Waals surface area contributed by atoms with Crippen LogP contribution in [0.15, 0.2) is 18.2 Å². The molecule has 0 radical (unpaired) electrons. The molecular formula is C13H17BrN2O4. The van der Waals surface area contributed by atoms with Crippen LogP contribution < -0.4 is 4.90 Å². The first-order valence-corrected chi connectivity index (χ1v) is 7.03. The van der Waals surface area contributed by atoms with Crippen LogP contribution in [0, 0.1) is 0 Å². The maximum absolute atomic E-state index is 12.1. The number of rotatable bonds is 2. The summed E-state index contributed by atoms with van der Waals surface area (Å²) in [4.78, 5) is 28.9. The summed E-state index contributed by atoms with van der Waals surface area (Å²) in [6.45, 7) is 5.13. The average molecular weight is 345 g/mol. The van der Waals surface area contributed by atoms with E-state index in [0.29, 0.717) is 11.0 Å². The van der Waals surface area contributed by atoms with E-state index in [1.807, 2.05) is 0 Å². The normalized spacial score (nSPS) is 10.8.